The van der Waals surface area contributed by atoms with Crippen molar-refractivity contribution in [3.05, 3.63) is 89.5 Å². The summed E-state index contributed by atoms with van der Waals surface area (Å²) in [6.07, 6.45) is 5.16. The molecular weight excluding hydrogens is 592 g/mol. The minimum absolute atomic E-state index is 0.0276. The Morgan fingerprint density at radius 1 is 0.956 bits per heavy atom. The fraction of sp³-hybridized carbons (Fsp3) is 0.429. The quantitative estimate of drug-likeness (QED) is 0.255. The van der Waals surface area contributed by atoms with Gasteiger partial charge in [-0.25, -0.2) is 17.9 Å². The molecule has 2 amide bonds. The smallest absolute Gasteiger partial charge is 0.410 e. The Bertz CT molecular complexity index is 1550. The summed E-state index contributed by atoms with van der Waals surface area (Å²) in [4.78, 5) is 27.5. The number of rotatable bonds is 11. The van der Waals surface area contributed by atoms with Gasteiger partial charge in [0.15, 0.2) is 0 Å². The van der Waals surface area contributed by atoms with Gasteiger partial charge in [-0.3, -0.25) is 4.79 Å². The lowest BCUT2D eigenvalue weighted by molar-refractivity contribution is 0.0298. The predicted molar refractivity (Wildman–Crippen MR) is 175 cm³/mol. The maximum Gasteiger partial charge on any atom is 0.410 e. The summed E-state index contributed by atoms with van der Waals surface area (Å²) in [5, 5.41) is 10.4. The van der Waals surface area contributed by atoms with Crippen LogP contribution in [0, 0.1) is 0 Å². The lowest BCUT2D eigenvalue weighted by Gasteiger charge is -2.35. The Morgan fingerprint density at radius 3 is 2.22 bits per heavy atom. The van der Waals surface area contributed by atoms with E-state index in [1.807, 2.05) is 68.0 Å². The van der Waals surface area contributed by atoms with Gasteiger partial charge < -0.3 is 19.5 Å². The molecule has 0 aliphatic heterocycles. The maximum atomic E-state index is 13.0. The van der Waals surface area contributed by atoms with Crippen molar-refractivity contribution in [3.8, 4) is 16.9 Å². The van der Waals surface area contributed by atoms with E-state index in [0.717, 1.165) is 55.1 Å². The van der Waals surface area contributed by atoms with Gasteiger partial charge in [-0.05, 0) is 87.3 Å². The number of aliphatic hydroxyl groups is 1. The zero-order chi connectivity index (χ0) is 32.6. The van der Waals surface area contributed by atoms with Gasteiger partial charge in [-0.15, -0.1) is 0 Å². The van der Waals surface area contributed by atoms with E-state index in [-0.39, 0.29) is 18.3 Å². The van der Waals surface area contributed by atoms with Crippen molar-refractivity contribution in [2.45, 2.75) is 77.0 Å². The molecule has 2 N–H and O–H groups in total. The lowest BCUT2D eigenvalue weighted by Crippen LogP contribution is -2.47. The lowest BCUT2D eigenvalue weighted by atomic mass is 9.97. The number of ether oxygens (including phenoxy) is 2. The van der Waals surface area contributed by atoms with Crippen molar-refractivity contribution in [2.75, 3.05) is 19.4 Å². The Hall–Kier alpha value is -3.89. The number of carbonyl (C=O) groups is 2. The van der Waals surface area contributed by atoms with Crippen LogP contribution in [-0.2, 0) is 21.2 Å². The SMILES string of the molecule is CC(C)(C)N(CCc1ccc(-c2ccc(C(=O)NS(C)(=O)=O)c(OC3CCCCC3)c2)cc1)C(=O)OC[C@H](O)c1ccccc1. The van der Waals surface area contributed by atoms with Crippen molar-refractivity contribution in [1.82, 2.24) is 9.62 Å². The Labute approximate surface area is 266 Å². The van der Waals surface area contributed by atoms with Crippen molar-refractivity contribution in [1.29, 1.82) is 0 Å². The first-order valence-electron chi connectivity index (χ1n) is 15.4. The molecule has 4 rings (SSSR count). The van der Waals surface area contributed by atoms with E-state index in [1.165, 1.54) is 0 Å². The fourth-order valence-corrected chi connectivity index (χ4v) is 5.82. The number of benzene rings is 3. The van der Waals surface area contributed by atoms with Crippen LogP contribution in [0.25, 0.3) is 11.1 Å². The first kappa shape index (κ1) is 34.0. The summed E-state index contributed by atoms with van der Waals surface area (Å²) in [5.74, 6) is -0.358. The molecule has 242 valence electrons. The number of nitrogens with one attached hydrogen (secondary N) is 1. The van der Waals surface area contributed by atoms with E-state index in [2.05, 4.69) is 0 Å². The largest absolute Gasteiger partial charge is 0.490 e. The van der Waals surface area contributed by atoms with Gasteiger partial charge in [0.05, 0.1) is 17.9 Å². The van der Waals surface area contributed by atoms with Crippen LogP contribution in [0.5, 0.6) is 5.75 Å². The van der Waals surface area contributed by atoms with E-state index < -0.39 is 33.7 Å². The number of hydrogen-bond acceptors (Lipinski definition) is 7. The van der Waals surface area contributed by atoms with Crippen LogP contribution < -0.4 is 9.46 Å². The number of nitrogens with zero attached hydrogens (tertiary/aromatic N) is 1. The monoisotopic (exact) mass is 636 g/mol. The van der Waals surface area contributed by atoms with Gasteiger partial charge in [-0.2, -0.15) is 0 Å². The molecule has 45 heavy (non-hydrogen) atoms. The zero-order valence-electron chi connectivity index (χ0n) is 26.5. The van der Waals surface area contributed by atoms with Crippen LogP contribution in [0.15, 0.2) is 72.8 Å². The molecule has 0 saturated heterocycles. The molecule has 0 spiro atoms. The summed E-state index contributed by atoms with van der Waals surface area (Å²) in [6, 6.07) is 22.2. The first-order chi connectivity index (χ1) is 21.3. The van der Waals surface area contributed by atoms with Crippen LogP contribution in [0.3, 0.4) is 0 Å². The highest BCUT2D eigenvalue weighted by Crippen LogP contribution is 2.31. The third-order valence-corrected chi connectivity index (χ3v) is 8.40. The summed E-state index contributed by atoms with van der Waals surface area (Å²) >= 11 is 0. The number of aliphatic hydroxyl groups excluding tert-OH is 1. The third kappa shape index (κ3) is 10.1. The second-order valence-electron chi connectivity index (χ2n) is 12.6. The average molecular weight is 637 g/mol. The molecule has 1 fully saturated rings. The van der Waals surface area contributed by atoms with Gasteiger partial charge >= 0.3 is 6.09 Å². The molecule has 1 saturated carbocycles. The van der Waals surface area contributed by atoms with Crippen molar-refractivity contribution in [2.24, 2.45) is 0 Å². The summed E-state index contributed by atoms with van der Waals surface area (Å²) < 4.78 is 37.3. The minimum Gasteiger partial charge on any atom is -0.490 e. The molecule has 0 radical (unpaired) electrons. The molecule has 1 aliphatic rings. The highest BCUT2D eigenvalue weighted by molar-refractivity contribution is 7.89. The van der Waals surface area contributed by atoms with E-state index in [9.17, 15) is 23.1 Å². The maximum absolute atomic E-state index is 13.0. The van der Waals surface area contributed by atoms with E-state index >= 15 is 0 Å². The molecule has 0 bridgehead atoms. The van der Waals surface area contributed by atoms with E-state index in [0.29, 0.717) is 24.3 Å². The Balaban J connectivity index is 1.44. The molecule has 0 unspecified atom stereocenters. The number of amides is 2. The highest BCUT2D eigenvalue weighted by Gasteiger charge is 2.28. The molecule has 3 aromatic carbocycles. The Morgan fingerprint density at radius 2 is 1.60 bits per heavy atom. The summed E-state index contributed by atoms with van der Waals surface area (Å²) in [5.41, 5.74) is 3.13. The average Bonchev–Trinajstić information content (AvgIpc) is 2.99. The number of carbonyl (C=O) groups excluding carboxylic acids is 2. The van der Waals surface area contributed by atoms with Crippen LogP contribution in [0.2, 0.25) is 0 Å². The van der Waals surface area contributed by atoms with Crippen LogP contribution in [0.4, 0.5) is 4.79 Å². The summed E-state index contributed by atoms with van der Waals surface area (Å²) in [7, 11) is -3.73. The third-order valence-electron chi connectivity index (χ3n) is 7.84. The Kier molecular flexibility index (Phi) is 11.3. The highest BCUT2D eigenvalue weighted by atomic mass is 32.2. The van der Waals surface area contributed by atoms with Gasteiger partial charge in [0.1, 0.15) is 18.5 Å². The normalized spacial score (nSPS) is 14.8. The number of sulfonamides is 1. The minimum atomic E-state index is -3.73. The standard InChI is InChI=1S/C35H44N2O7S/c1-35(2,3)37(34(40)43-24-31(38)27-11-7-5-8-12-27)22-21-25-15-17-26(18-16-25)28-19-20-30(33(39)36-45(4,41)42)32(23-28)44-29-13-9-6-10-14-29/h5,7-8,11-12,15-20,23,29,31,38H,6,9-10,13-14,21-22,24H2,1-4H3,(H,36,39)/t31-/m0/s1. The van der Waals surface area contributed by atoms with E-state index in [4.69, 9.17) is 9.47 Å². The molecule has 9 nitrogen and oxygen atoms in total. The molecule has 0 aromatic heterocycles. The van der Waals surface area contributed by atoms with Crippen LogP contribution in [-0.4, -0.2) is 61.5 Å². The molecular formula is C35H44N2O7S. The van der Waals surface area contributed by atoms with Crippen LogP contribution >= 0.6 is 0 Å². The molecule has 1 atom stereocenters. The second kappa shape index (κ2) is 14.9. The zero-order valence-corrected chi connectivity index (χ0v) is 27.3. The van der Waals surface area contributed by atoms with Gasteiger partial charge in [0, 0.05) is 12.1 Å². The molecule has 1 aliphatic carbocycles. The van der Waals surface area contributed by atoms with Gasteiger partial charge in [0.2, 0.25) is 10.0 Å². The topological polar surface area (TPSA) is 122 Å². The first-order valence-corrected chi connectivity index (χ1v) is 17.3. The van der Waals surface area contributed by atoms with Gasteiger partial charge in [-0.1, -0.05) is 67.1 Å². The van der Waals surface area contributed by atoms with Crippen molar-refractivity contribution in [3.63, 3.8) is 0 Å². The van der Waals surface area contributed by atoms with Gasteiger partial charge in [0.25, 0.3) is 5.91 Å². The van der Waals surface area contributed by atoms with E-state index in [1.54, 1.807) is 35.2 Å². The van der Waals surface area contributed by atoms with Crippen molar-refractivity contribution < 1.29 is 32.6 Å². The van der Waals surface area contributed by atoms with Crippen LogP contribution in [0.1, 0.15) is 80.5 Å². The molecule has 10 heteroatoms. The predicted octanol–water partition coefficient (Wildman–Crippen LogP) is 6.27. The molecule has 3 aromatic rings. The fourth-order valence-electron chi connectivity index (χ4n) is 5.38. The van der Waals surface area contributed by atoms with Crippen molar-refractivity contribution >= 4 is 22.0 Å². The molecule has 0 heterocycles. The number of hydrogen-bond donors (Lipinski definition) is 2. The second-order valence-corrected chi connectivity index (χ2v) is 14.3. The summed E-state index contributed by atoms with van der Waals surface area (Å²) in [6.45, 7) is 6.12.